The zero-order valence-electron chi connectivity index (χ0n) is 10.7. The van der Waals surface area contributed by atoms with Gasteiger partial charge in [-0.2, -0.15) is 4.98 Å². The molecule has 1 N–H and O–H groups in total. The second kappa shape index (κ2) is 4.48. The van der Waals surface area contributed by atoms with Gasteiger partial charge in [-0.25, -0.2) is 0 Å². The predicted octanol–water partition coefficient (Wildman–Crippen LogP) is 1.38. The third kappa shape index (κ3) is 2.04. The highest BCUT2D eigenvalue weighted by Crippen LogP contribution is 2.25. The molecular formula is C12H12N4O4. The number of benzene rings is 1. The van der Waals surface area contributed by atoms with Gasteiger partial charge in [-0.05, 0) is 12.5 Å². The molecule has 2 heterocycles. The number of hydrogen-bond donors (Lipinski definition) is 1. The quantitative estimate of drug-likeness (QED) is 0.671. The van der Waals surface area contributed by atoms with Crippen LogP contribution in [0.3, 0.4) is 0 Å². The van der Waals surface area contributed by atoms with Crippen molar-refractivity contribution in [1.82, 2.24) is 9.88 Å². The number of amides is 1. The van der Waals surface area contributed by atoms with Crippen molar-refractivity contribution in [1.29, 1.82) is 0 Å². The van der Waals surface area contributed by atoms with E-state index in [9.17, 15) is 14.9 Å². The van der Waals surface area contributed by atoms with Gasteiger partial charge >= 0.3 is 0 Å². The molecule has 0 bridgehead atoms. The number of hydrogen-bond acceptors (Lipinski definition) is 6. The van der Waals surface area contributed by atoms with Crippen LogP contribution in [0.15, 0.2) is 22.6 Å². The molecule has 8 nitrogen and oxygen atoms in total. The van der Waals surface area contributed by atoms with Crippen LogP contribution in [0.4, 0.5) is 11.7 Å². The highest BCUT2D eigenvalue weighted by atomic mass is 16.6. The Morgan fingerprint density at radius 2 is 2.35 bits per heavy atom. The molecule has 20 heavy (non-hydrogen) atoms. The van der Waals surface area contributed by atoms with Crippen molar-refractivity contribution < 1.29 is 14.1 Å². The summed E-state index contributed by atoms with van der Waals surface area (Å²) >= 11 is 0. The molecule has 1 aromatic carbocycles. The fourth-order valence-electron chi connectivity index (χ4n) is 2.19. The minimum Gasteiger partial charge on any atom is -0.423 e. The zero-order valence-corrected chi connectivity index (χ0v) is 10.7. The normalized spacial score (nSPS) is 18.8. The summed E-state index contributed by atoms with van der Waals surface area (Å²) in [6.07, 6.45) is 0.675. The maximum atomic E-state index is 11.8. The molecule has 1 aliphatic heterocycles. The number of nitrogens with one attached hydrogen (secondary N) is 1. The third-order valence-corrected chi connectivity index (χ3v) is 3.31. The van der Waals surface area contributed by atoms with Gasteiger partial charge in [-0.3, -0.25) is 14.9 Å². The third-order valence-electron chi connectivity index (χ3n) is 3.31. The second-order valence-electron chi connectivity index (χ2n) is 4.67. The molecule has 1 fully saturated rings. The lowest BCUT2D eigenvalue weighted by atomic mass is 10.2. The standard InChI is InChI=1S/C12H12N4O4/c1-15-5-4-9(11(15)17)14-12-13-8-3-2-7(16(18)19)6-10(8)20-12/h2-3,6,9H,4-5H2,1H3,(H,13,14). The number of fused-ring (bicyclic) bond motifs is 1. The minimum absolute atomic E-state index is 0.0155. The summed E-state index contributed by atoms with van der Waals surface area (Å²) in [7, 11) is 1.74. The van der Waals surface area contributed by atoms with E-state index in [0.717, 1.165) is 0 Å². The fourth-order valence-corrected chi connectivity index (χ4v) is 2.19. The Balaban J connectivity index is 1.86. The number of nitrogens with zero attached hydrogens (tertiary/aromatic N) is 3. The molecule has 0 saturated carbocycles. The molecule has 8 heteroatoms. The number of non-ortho nitro benzene ring substituents is 1. The minimum atomic E-state index is -0.496. The van der Waals surface area contributed by atoms with Gasteiger partial charge in [0, 0.05) is 19.7 Å². The molecule has 1 saturated heterocycles. The summed E-state index contributed by atoms with van der Waals surface area (Å²) < 4.78 is 5.41. The number of likely N-dealkylation sites (N-methyl/N-ethyl adjacent to an activating group) is 1. The number of anilines is 1. The van der Waals surface area contributed by atoms with Gasteiger partial charge in [0.05, 0.1) is 11.0 Å². The van der Waals surface area contributed by atoms with E-state index in [0.29, 0.717) is 24.1 Å². The molecule has 0 spiro atoms. The Hall–Kier alpha value is -2.64. The SMILES string of the molecule is CN1CCC(Nc2nc3ccc([N+](=O)[O-])cc3o2)C1=O. The van der Waals surface area contributed by atoms with Gasteiger partial charge < -0.3 is 14.6 Å². The van der Waals surface area contributed by atoms with E-state index in [1.807, 2.05) is 0 Å². The Morgan fingerprint density at radius 3 is 3.00 bits per heavy atom. The largest absolute Gasteiger partial charge is 0.423 e. The maximum absolute atomic E-state index is 11.8. The number of nitro benzene ring substituents is 1. The first-order valence-electron chi connectivity index (χ1n) is 6.11. The molecular weight excluding hydrogens is 264 g/mol. The number of carbonyl (C=O) groups is 1. The van der Waals surface area contributed by atoms with Crippen molar-refractivity contribution >= 4 is 28.7 Å². The van der Waals surface area contributed by atoms with Crippen LogP contribution in [0.25, 0.3) is 11.1 Å². The van der Waals surface area contributed by atoms with Crippen LogP contribution >= 0.6 is 0 Å². The van der Waals surface area contributed by atoms with Crippen molar-refractivity contribution in [3.63, 3.8) is 0 Å². The summed E-state index contributed by atoms with van der Waals surface area (Å²) in [5.74, 6) is -0.0155. The van der Waals surface area contributed by atoms with Gasteiger partial charge in [0.2, 0.25) is 5.91 Å². The summed E-state index contributed by atoms with van der Waals surface area (Å²) in [6, 6.07) is 4.04. The number of carbonyl (C=O) groups excluding carboxylic acids is 1. The van der Waals surface area contributed by atoms with Crippen LogP contribution in [0, 0.1) is 10.1 Å². The number of likely N-dealkylation sites (tertiary alicyclic amines) is 1. The van der Waals surface area contributed by atoms with E-state index in [2.05, 4.69) is 10.3 Å². The molecule has 0 aliphatic carbocycles. The average Bonchev–Trinajstić information content (AvgIpc) is 2.95. The Kier molecular flexibility index (Phi) is 2.78. The van der Waals surface area contributed by atoms with Crippen LogP contribution in [0.2, 0.25) is 0 Å². The van der Waals surface area contributed by atoms with Gasteiger partial charge in [0.15, 0.2) is 5.58 Å². The van der Waals surface area contributed by atoms with Crippen molar-refractivity contribution in [3.05, 3.63) is 28.3 Å². The van der Waals surface area contributed by atoms with E-state index >= 15 is 0 Å². The van der Waals surface area contributed by atoms with Crippen molar-refractivity contribution in [2.45, 2.75) is 12.5 Å². The molecule has 1 atom stereocenters. The number of aromatic nitrogens is 1. The maximum Gasteiger partial charge on any atom is 0.296 e. The van der Waals surface area contributed by atoms with Gasteiger partial charge in [0.25, 0.3) is 11.7 Å². The number of nitro groups is 1. The van der Waals surface area contributed by atoms with Crippen LogP contribution in [0.1, 0.15) is 6.42 Å². The fraction of sp³-hybridized carbons (Fsp3) is 0.333. The molecule has 0 radical (unpaired) electrons. The van der Waals surface area contributed by atoms with E-state index in [-0.39, 0.29) is 23.7 Å². The van der Waals surface area contributed by atoms with Gasteiger partial charge in [0.1, 0.15) is 11.6 Å². The van der Waals surface area contributed by atoms with Crippen molar-refractivity contribution in [2.24, 2.45) is 0 Å². The lowest BCUT2D eigenvalue weighted by Gasteiger charge is -2.09. The molecule has 1 aliphatic rings. The monoisotopic (exact) mass is 276 g/mol. The smallest absolute Gasteiger partial charge is 0.296 e. The molecule has 104 valence electrons. The van der Waals surface area contributed by atoms with Gasteiger partial charge in [-0.1, -0.05) is 0 Å². The predicted molar refractivity (Wildman–Crippen MR) is 70.3 cm³/mol. The first kappa shape index (κ1) is 12.4. The highest BCUT2D eigenvalue weighted by Gasteiger charge is 2.30. The van der Waals surface area contributed by atoms with Gasteiger partial charge in [-0.15, -0.1) is 0 Å². The van der Waals surface area contributed by atoms with E-state index in [1.54, 1.807) is 11.9 Å². The van der Waals surface area contributed by atoms with Crippen molar-refractivity contribution in [3.8, 4) is 0 Å². The van der Waals surface area contributed by atoms with E-state index in [4.69, 9.17) is 4.42 Å². The van der Waals surface area contributed by atoms with Crippen molar-refractivity contribution in [2.75, 3.05) is 18.9 Å². The van der Waals surface area contributed by atoms with Crippen LogP contribution < -0.4 is 5.32 Å². The molecule has 2 aromatic rings. The lowest BCUT2D eigenvalue weighted by molar-refractivity contribution is -0.384. The summed E-state index contributed by atoms with van der Waals surface area (Å²) in [4.78, 5) is 27.8. The number of oxazole rings is 1. The Bertz CT molecular complexity index is 696. The highest BCUT2D eigenvalue weighted by molar-refractivity contribution is 5.86. The molecule has 1 unspecified atom stereocenters. The van der Waals surface area contributed by atoms with Crippen LogP contribution in [-0.2, 0) is 4.79 Å². The zero-order chi connectivity index (χ0) is 14.3. The molecule has 1 aromatic heterocycles. The van der Waals surface area contributed by atoms with E-state index < -0.39 is 4.92 Å². The summed E-state index contributed by atoms with van der Waals surface area (Å²) in [5, 5.41) is 13.6. The summed E-state index contributed by atoms with van der Waals surface area (Å²) in [5.41, 5.74) is 0.772. The topological polar surface area (TPSA) is 102 Å². The first-order valence-corrected chi connectivity index (χ1v) is 6.11. The van der Waals surface area contributed by atoms with Crippen LogP contribution in [-0.4, -0.2) is 40.3 Å². The lowest BCUT2D eigenvalue weighted by Crippen LogP contribution is -2.30. The second-order valence-corrected chi connectivity index (χ2v) is 4.67. The Labute approximate surface area is 113 Å². The summed E-state index contributed by atoms with van der Waals surface area (Å²) in [6.45, 7) is 0.683. The molecule has 3 rings (SSSR count). The Morgan fingerprint density at radius 1 is 1.55 bits per heavy atom. The molecule has 1 amide bonds. The average molecular weight is 276 g/mol. The van der Waals surface area contributed by atoms with Crippen LogP contribution in [0.5, 0.6) is 0 Å². The number of rotatable bonds is 3. The van der Waals surface area contributed by atoms with E-state index in [1.165, 1.54) is 18.2 Å². The first-order chi connectivity index (χ1) is 9.54.